The Morgan fingerprint density at radius 2 is 2.29 bits per heavy atom. The standard InChI is InChI=1S/C11H10ClFN2O2/c1-2-17-11(16)8-7-6(15-10(8)14)4-3-5(12)9(7)13/h3-4,15H,2,14H2,1H3. The number of nitrogens with one attached hydrogen (secondary N) is 1. The van der Waals surface area contributed by atoms with Crippen molar-refractivity contribution in [2.45, 2.75) is 6.92 Å². The van der Waals surface area contributed by atoms with Gasteiger partial charge in [0.1, 0.15) is 11.4 Å². The molecular weight excluding hydrogens is 247 g/mol. The number of hydrogen-bond acceptors (Lipinski definition) is 3. The number of H-pyrrole nitrogens is 1. The molecule has 0 unspecified atom stereocenters. The molecule has 2 aromatic rings. The van der Waals surface area contributed by atoms with Gasteiger partial charge in [-0.05, 0) is 19.1 Å². The van der Waals surface area contributed by atoms with Crippen LogP contribution in [-0.4, -0.2) is 17.6 Å². The van der Waals surface area contributed by atoms with Gasteiger partial charge in [-0.3, -0.25) is 0 Å². The van der Waals surface area contributed by atoms with Crippen LogP contribution in [0.25, 0.3) is 10.9 Å². The van der Waals surface area contributed by atoms with Crippen molar-refractivity contribution in [3.8, 4) is 0 Å². The van der Waals surface area contributed by atoms with E-state index in [0.717, 1.165) is 0 Å². The van der Waals surface area contributed by atoms with Gasteiger partial charge in [-0.15, -0.1) is 0 Å². The Bertz CT molecular complexity index is 595. The van der Waals surface area contributed by atoms with Crippen LogP contribution in [0.4, 0.5) is 10.2 Å². The highest BCUT2D eigenvalue weighted by atomic mass is 35.5. The van der Waals surface area contributed by atoms with Crippen molar-refractivity contribution in [1.82, 2.24) is 4.98 Å². The van der Waals surface area contributed by atoms with E-state index in [4.69, 9.17) is 22.1 Å². The summed E-state index contributed by atoms with van der Waals surface area (Å²) >= 11 is 5.67. The number of carbonyl (C=O) groups is 1. The summed E-state index contributed by atoms with van der Waals surface area (Å²) < 4.78 is 18.7. The first-order chi connectivity index (χ1) is 8.06. The van der Waals surface area contributed by atoms with Crippen LogP contribution in [-0.2, 0) is 4.74 Å². The van der Waals surface area contributed by atoms with Crippen LogP contribution in [0.1, 0.15) is 17.3 Å². The minimum atomic E-state index is -0.680. The Morgan fingerprint density at radius 3 is 2.94 bits per heavy atom. The molecule has 0 saturated heterocycles. The third-order valence-electron chi connectivity index (χ3n) is 2.36. The Hall–Kier alpha value is -1.75. The topological polar surface area (TPSA) is 68.1 Å². The summed E-state index contributed by atoms with van der Waals surface area (Å²) in [6.07, 6.45) is 0. The largest absolute Gasteiger partial charge is 0.462 e. The molecule has 90 valence electrons. The fourth-order valence-corrected chi connectivity index (χ4v) is 1.81. The highest BCUT2D eigenvalue weighted by Gasteiger charge is 2.22. The minimum Gasteiger partial charge on any atom is -0.462 e. The molecule has 0 fully saturated rings. The first-order valence-electron chi connectivity index (χ1n) is 4.98. The van der Waals surface area contributed by atoms with Gasteiger partial charge in [0, 0.05) is 0 Å². The van der Waals surface area contributed by atoms with Crippen molar-refractivity contribution in [1.29, 1.82) is 0 Å². The van der Waals surface area contributed by atoms with Crippen LogP contribution in [0.2, 0.25) is 5.02 Å². The van der Waals surface area contributed by atoms with Crippen LogP contribution >= 0.6 is 11.6 Å². The van der Waals surface area contributed by atoms with Crippen LogP contribution in [0.15, 0.2) is 12.1 Å². The van der Waals surface area contributed by atoms with Gasteiger partial charge in [0.05, 0.1) is 22.5 Å². The van der Waals surface area contributed by atoms with Crippen LogP contribution < -0.4 is 5.73 Å². The molecule has 0 atom stereocenters. The number of nitrogens with two attached hydrogens (primary N) is 1. The Kier molecular flexibility index (Phi) is 2.93. The van der Waals surface area contributed by atoms with E-state index in [-0.39, 0.29) is 28.4 Å². The highest BCUT2D eigenvalue weighted by molar-refractivity contribution is 6.31. The fraction of sp³-hybridized carbons (Fsp3) is 0.182. The van der Waals surface area contributed by atoms with Crippen molar-refractivity contribution in [2.24, 2.45) is 0 Å². The Morgan fingerprint density at radius 1 is 1.59 bits per heavy atom. The second kappa shape index (κ2) is 4.25. The molecule has 17 heavy (non-hydrogen) atoms. The van der Waals surface area contributed by atoms with Gasteiger partial charge >= 0.3 is 5.97 Å². The SMILES string of the molecule is CCOC(=O)c1c(N)[nH]c2ccc(Cl)c(F)c12. The summed E-state index contributed by atoms with van der Waals surface area (Å²) in [4.78, 5) is 14.4. The predicted octanol–water partition coefficient (Wildman–Crippen LogP) is 2.72. The summed E-state index contributed by atoms with van der Waals surface area (Å²) in [5.74, 6) is -1.28. The molecule has 0 radical (unpaired) electrons. The molecule has 1 aromatic carbocycles. The van der Waals surface area contributed by atoms with E-state index in [0.29, 0.717) is 5.52 Å². The van der Waals surface area contributed by atoms with Crippen LogP contribution in [0.3, 0.4) is 0 Å². The third kappa shape index (κ3) is 1.82. The Balaban J connectivity index is 2.73. The maximum Gasteiger partial charge on any atom is 0.342 e. The Labute approximate surface area is 102 Å². The van der Waals surface area contributed by atoms with Gasteiger partial charge in [-0.1, -0.05) is 11.6 Å². The number of aromatic nitrogens is 1. The van der Waals surface area contributed by atoms with Gasteiger partial charge in [0.15, 0.2) is 5.82 Å². The van der Waals surface area contributed by atoms with E-state index in [1.54, 1.807) is 13.0 Å². The summed E-state index contributed by atoms with van der Waals surface area (Å²) in [5.41, 5.74) is 6.03. The lowest BCUT2D eigenvalue weighted by Crippen LogP contribution is -2.07. The van der Waals surface area contributed by atoms with E-state index < -0.39 is 11.8 Å². The lowest BCUT2D eigenvalue weighted by molar-refractivity contribution is 0.0529. The fourth-order valence-electron chi connectivity index (χ4n) is 1.66. The van der Waals surface area contributed by atoms with Gasteiger partial charge in [-0.25, -0.2) is 9.18 Å². The molecule has 0 amide bonds. The molecule has 0 aliphatic heterocycles. The first kappa shape index (κ1) is 11.7. The number of benzene rings is 1. The molecule has 4 nitrogen and oxygen atoms in total. The van der Waals surface area contributed by atoms with E-state index in [2.05, 4.69) is 4.98 Å². The number of rotatable bonds is 2. The quantitative estimate of drug-likeness (QED) is 0.812. The average molecular weight is 257 g/mol. The molecule has 6 heteroatoms. The first-order valence-corrected chi connectivity index (χ1v) is 5.36. The number of carbonyl (C=O) groups excluding carboxylic acids is 1. The summed E-state index contributed by atoms with van der Waals surface area (Å²) in [6.45, 7) is 1.85. The summed E-state index contributed by atoms with van der Waals surface area (Å²) in [7, 11) is 0. The molecule has 2 rings (SSSR count). The number of anilines is 1. The van der Waals surface area contributed by atoms with Crippen molar-refractivity contribution in [3.63, 3.8) is 0 Å². The zero-order valence-corrected chi connectivity index (χ0v) is 9.77. The normalized spacial score (nSPS) is 10.8. The highest BCUT2D eigenvalue weighted by Crippen LogP contribution is 2.31. The molecular formula is C11H10ClFN2O2. The molecule has 1 heterocycles. The predicted molar refractivity (Wildman–Crippen MR) is 63.6 cm³/mol. The molecule has 0 saturated carbocycles. The van der Waals surface area contributed by atoms with Crippen LogP contribution in [0.5, 0.6) is 0 Å². The van der Waals surface area contributed by atoms with E-state index in [1.807, 2.05) is 0 Å². The maximum absolute atomic E-state index is 13.9. The lowest BCUT2D eigenvalue weighted by Gasteiger charge is -2.02. The molecule has 0 aliphatic carbocycles. The van der Waals surface area contributed by atoms with Crippen molar-refractivity contribution < 1.29 is 13.9 Å². The molecule has 0 spiro atoms. The number of nitrogen functional groups attached to an aromatic ring is 1. The van der Waals surface area contributed by atoms with E-state index in [1.165, 1.54) is 6.07 Å². The second-order valence-electron chi connectivity index (χ2n) is 3.42. The monoisotopic (exact) mass is 256 g/mol. The van der Waals surface area contributed by atoms with Crippen molar-refractivity contribution >= 4 is 34.3 Å². The third-order valence-corrected chi connectivity index (χ3v) is 2.65. The number of esters is 1. The second-order valence-corrected chi connectivity index (χ2v) is 3.83. The lowest BCUT2D eigenvalue weighted by atomic mass is 10.1. The zero-order valence-electron chi connectivity index (χ0n) is 9.01. The van der Waals surface area contributed by atoms with Crippen molar-refractivity contribution in [3.05, 3.63) is 28.5 Å². The molecule has 1 aromatic heterocycles. The molecule has 0 aliphatic rings. The smallest absolute Gasteiger partial charge is 0.342 e. The maximum atomic E-state index is 13.9. The van der Waals surface area contributed by atoms with Gasteiger partial charge in [0.2, 0.25) is 0 Å². The van der Waals surface area contributed by atoms with Gasteiger partial charge in [0.25, 0.3) is 0 Å². The number of ether oxygens (including phenoxy) is 1. The van der Waals surface area contributed by atoms with Gasteiger partial charge < -0.3 is 15.5 Å². The van der Waals surface area contributed by atoms with E-state index in [9.17, 15) is 9.18 Å². The number of hydrogen-bond donors (Lipinski definition) is 2. The number of aromatic amines is 1. The number of fused-ring (bicyclic) bond motifs is 1. The zero-order chi connectivity index (χ0) is 12.6. The number of halogens is 2. The molecule has 0 bridgehead atoms. The average Bonchev–Trinajstić information content (AvgIpc) is 2.61. The molecule has 3 N–H and O–H groups in total. The summed E-state index contributed by atoms with van der Waals surface area (Å²) in [6, 6.07) is 2.95. The van der Waals surface area contributed by atoms with Crippen LogP contribution in [0, 0.1) is 5.82 Å². The van der Waals surface area contributed by atoms with Gasteiger partial charge in [-0.2, -0.15) is 0 Å². The summed E-state index contributed by atoms with van der Waals surface area (Å²) in [5, 5.41) is -0.00417. The van der Waals surface area contributed by atoms with E-state index >= 15 is 0 Å². The van der Waals surface area contributed by atoms with Crippen molar-refractivity contribution in [2.75, 3.05) is 12.3 Å². The minimum absolute atomic E-state index is 0.0122.